The molecule has 1 aromatic carbocycles. The summed E-state index contributed by atoms with van der Waals surface area (Å²) in [7, 11) is 3.04. The molecule has 1 fully saturated rings. The number of nitrogens with zero attached hydrogens (tertiary/aromatic N) is 1. The van der Waals surface area contributed by atoms with Gasteiger partial charge in [0.25, 0.3) is 0 Å². The van der Waals surface area contributed by atoms with E-state index in [-0.39, 0.29) is 42.5 Å². The number of amides is 3. The minimum atomic E-state index is -0.301. The number of fused-ring (bicyclic) bond motifs is 1. The molecule has 1 heterocycles. The van der Waals surface area contributed by atoms with Crippen molar-refractivity contribution >= 4 is 23.4 Å². The number of imide groups is 1. The summed E-state index contributed by atoms with van der Waals surface area (Å²) < 4.78 is 10.4. The van der Waals surface area contributed by atoms with E-state index in [2.05, 4.69) is 5.32 Å². The van der Waals surface area contributed by atoms with E-state index >= 15 is 0 Å². The van der Waals surface area contributed by atoms with E-state index in [9.17, 15) is 14.4 Å². The van der Waals surface area contributed by atoms with Gasteiger partial charge in [-0.25, -0.2) is 0 Å². The first-order valence-corrected chi connectivity index (χ1v) is 8.57. The molecule has 7 heteroatoms. The molecule has 1 aromatic rings. The number of carbonyl (C=O) groups excluding carboxylic acids is 3. The first kappa shape index (κ1) is 18.0. The van der Waals surface area contributed by atoms with Crippen LogP contribution < -0.4 is 14.8 Å². The van der Waals surface area contributed by atoms with Gasteiger partial charge in [0.1, 0.15) is 11.5 Å². The summed E-state index contributed by atoms with van der Waals surface area (Å²) in [5, 5.41) is 2.75. The van der Waals surface area contributed by atoms with Crippen LogP contribution in [0.5, 0.6) is 11.5 Å². The standard InChI is InChI=1S/C19H22N2O5/c1-25-12-7-8-16(26-2)15(11-12)20-17(22)9-10-21-18(23)13-5-3-4-6-14(13)19(21)24/h3-4,7-8,11,13-14H,5-6,9-10H2,1-2H3,(H,20,22). The number of allylic oxidation sites excluding steroid dienone is 2. The van der Waals surface area contributed by atoms with Gasteiger partial charge in [0.15, 0.2) is 0 Å². The SMILES string of the molecule is COc1ccc(OC)c(NC(=O)CCN2C(=O)C3CC=CCC3C2=O)c1. The lowest BCUT2D eigenvalue weighted by Crippen LogP contribution is -2.34. The number of rotatable bonds is 6. The highest BCUT2D eigenvalue weighted by molar-refractivity contribution is 6.06. The lowest BCUT2D eigenvalue weighted by molar-refractivity contribution is -0.140. The van der Waals surface area contributed by atoms with Crippen LogP contribution >= 0.6 is 0 Å². The first-order chi connectivity index (χ1) is 12.5. The number of nitrogens with one attached hydrogen (secondary N) is 1. The van der Waals surface area contributed by atoms with Crippen molar-refractivity contribution in [1.82, 2.24) is 4.90 Å². The van der Waals surface area contributed by atoms with E-state index in [4.69, 9.17) is 9.47 Å². The Morgan fingerprint density at radius 3 is 2.35 bits per heavy atom. The van der Waals surface area contributed by atoms with Crippen molar-refractivity contribution < 1.29 is 23.9 Å². The molecule has 0 radical (unpaired) electrons. The zero-order valence-electron chi connectivity index (χ0n) is 14.9. The van der Waals surface area contributed by atoms with Crippen LogP contribution in [0.25, 0.3) is 0 Å². The maximum atomic E-state index is 12.4. The Balaban J connectivity index is 1.61. The topological polar surface area (TPSA) is 84.9 Å². The highest BCUT2D eigenvalue weighted by Crippen LogP contribution is 2.35. The van der Waals surface area contributed by atoms with Crippen LogP contribution in [0, 0.1) is 11.8 Å². The molecule has 2 unspecified atom stereocenters. The molecule has 1 N–H and O–H groups in total. The number of likely N-dealkylation sites (tertiary alicyclic amines) is 1. The molecule has 0 bridgehead atoms. The Bertz CT molecular complexity index is 732. The van der Waals surface area contributed by atoms with E-state index in [1.165, 1.54) is 19.1 Å². The first-order valence-electron chi connectivity index (χ1n) is 8.57. The largest absolute Gasteiger partial charge is 0.497 e. The van der Waals surface area contributed by atoms with E-state index in [0.717, 1.165) is 0 Å². The average molecular weight is 358 g/mol. The van der Waals surface area contributed by atoms with Gasteiger partial charge in [-0.05, 0) is 25.0 Å². The highest BCUT2D eigenvalue weighted by atomic mass is 16.5. The Kier molecular flexibility index (Phi) is 5.25. The molecule has 2 aliphatic rings. The van der Waals surface area contributed by atoms with Gasteiger partial charge in [0.05, 0.1) is 31.7 Å². The number of carbonyl (C=O) groups is 3. The molecule has 3 rings (SSSR count). The molecule has 0 aromatic heterocycles. The highest BCUT2D eigenvalue weighted by Gasteiger charge is 2.46. The molecule has 3 amide bonds. The number of hydrogen-bond acceptors (Lipinski definition) is 5. The third-order valence-corrected chi connectivity index (χ3v) is 4.84. The van der Waals surface area contributed by atoms with Crippen LogP contribution in [-0.2, 0) is 14.4 Å². The molecular weight excluding hydrogens is 336 g/mol. The Morgan fingerprint density at radius 1 is 1.12 bits per heavy atom. The normalized spacial score (nSPS) is 21.5. The predicted molar refractivity (Wildman–Crippen MR) is 94.9 cm³/mol. The molecule has 0 saturated carbocycles. The van der Waals surface area contributed by atoms with E-state index in [1.807, 2.05) is 12.2 Å². The quantitative estimate of drug-likeness (QED) is 0.621. The lowest BCUT2D eigenvalue weighted by atomic mass is 9.85. The van der Waals surface area contributed by atoms with Crippen molar-refractivity contribution in [2.24, 2.45) is 11.8 Å². The predicted octanol–water partition coefficient (Wildman–Crippen LogP) is 1.98. The maximum absolute atomic E-state index is 12.4. The van der Waals surface area contributed by atoms with Crippen molar-refractivity contribution in [3.05, 3.63) is 30.4 Å². The summed E-state index contributed by atoms with van der Waals surface area (Å²) >= 11 is 0. The van der Waals surface area contributed by atoms with Crippen LogP contribution in [0.1, 0.15) is 19.3 Å². The summed E-state index contributed by atoms with van der Waals surface area (Å²) in [6.07, 6.45) is 5.11. The van der Waals surface area contributed by atoms with Crippen molar-refractivity contribution in [2.45, 2.75) is 19.3 Å². The van der Waals surface area contributed by atoms with Crippen LogP contribution in [0.15, 0.2) is 30.4 Å². The Hall–Kier alpha value is -2.83. The number of anilines is 1. The van der Waals surface area contributed by atoms with Gasteiger partial charge in [0, 0.05) is 19.0 Å². The van der Waals surface area contributed by atoms with Gasteiger partial charge >= 0.3 is 0 Å². The summed E-state index contributed by atoms with van der Waals surface area (Å²) in [5.74, 6) is -0.0902. The lowest BCUT2D eigenvalue weighted by Gasteiger charge is -2.15. The zero-order chi connectivity index (χ0) is 18.7. The second-order valence-electron chi connectivity index (χ2n) is 6.35. The third kappa shape index (κ3) is 3.42. The second kappa shape index (κ2) is 7.59. The van der Waals surface area contributed by atoms with Crippen LogP contribution in [0.2, 0.25) is 0 Å². The molecule has 1 saturated heterocycles. The molecule has 0 spiro atoms. The number of ether oxygens (including phenoxy) is 2. The average Bonchev–Trinajstić information content (AvgIpc) is 2.91. The molecule has 1 aliphatic heterocycles. The van der Waals surface area contributed by atoms with Gasteiger partial charge < -0.3 is 14.8 Å². The van der Waals surface area contributed by atoms with Crippen LogP contribution in [0.3, 0.4) is 0 Å². The summed E-state index contributed by atoms with van der Waals surface area (Å²) in [6, 6.07) is 5.08. The van der Waals surface area contributed by atoms with Crippen molar-refractivity contribution in [1.29, 1.82) is 0 Å². The van der Waals surface area contributed by atoms with E-state index < -0.39 is 0 Å². The van der Waals surface area contributed by atoms with Crippen molar-refractivity contribution in [3.8, 4) is 11.5 Å². The summed E-state index contributed by atoms with van der Waals surface area (Å²) in [4.78, 5) is 38.3. The molecular formula is C19H22N2O5. The fraction of sp³-hybridized carbons (Fsp3) is 0.421. The van der Waals surface area contributed by atoms with E-state index in [0.29, 0.717) is 30.0 Å². The van der Waals surface area contributed by atoms with Gasteiger partial charge in [-0.15, -0.1) is 0 Å². The maximum Gasteiger partial charge on any atom is 0.233 e. The summed E-state index contributed by atoms with van der Waals surface area (Å²) in [5.41, 5.74) is 0.480. The van der Waals surface area contributed by atoms with Gasteiger partial charge in [-0.1, -0.05) is 12.2 Å². The van der Waals surface area contributed by atoms with Crippen LogP contribution in [-0.4, -0.2) is 43.4 Å². The summed E-state index contributed by atoms with van der Waals surface area (Å²) in [6.45, 7) is 0.0861. The van der Waals surface area contributed by atoms with Crippen molar-refractivity contribution in [2.75, 3.05) is 26.1 Å². The second-order valence-corrected chi connectivity index (χ2v) is 6.35. The third-order valence-electron chi connectivity index (χ3n) is 4.84. The molecule has 138 valence electrons. The Morgan fingerprint density at radius 2 is 1.77 bits per heavy atom. The Labute approximate surface area is 151 Å². The fourth-order valence-electron chi connectivity index (χ4n) is 3.43. The molecule has 7 nitrogen and oxygen atoms in total. The van der Waals surface area contributed by atoms with Gasteiger partial charge in [0.2, 0.25) is 17.7 Å². The minimum absolute atomic E-state index is 0.0325. The van der Waals surface area contributed by atoms with Crippen molar-refractivity contribution in [3.63, 3.8) is 0 Å². The monoisotopic (exact) mass is 358 g/mol. The number of hydrogen-bond donors (Lipinski definition) is 1. The minimum Gasteiger partial charge on any atom is -0.497 e. The van der Waals surface area contributed by atoms with E-state index in [1.54, 1.807) is 18.2 Å². The number of benzene rings is 1. The molecule has 1 aliphatic carbocycles. The molecule has 26 heavy (non-hydrogen) atoms. The number of methoxy groups -OCH3 is 2. The molecule has 2 atom stereocenters. The fourth-order valence-corrected chi connectivity index (χ4v) is 3.43. The zero-order valence-corrected chi connectivity index (χ0v) is 14.9. The smallest absolute Gasteiger partial charge is 0.233 e. The van der Waals surface area contributed by atoms with Crippen LogP contribution in [0.4, 0.5) is 5.69 Å². The van der Waals surface area contributed by atoms with Gasteiger partial charge in [-0.3, -0.25) is 19.3 Å². The van der Waals surface area contributed by atoms with Gasteiger partial charge in [-0.2, -0.15) is 0 Å².